The number of rotatable bonds is 8. The van der Waals surface area contributed by atoms with Gasteiger partial charge in [0, 0.05) is 30.9 Å². The summed E-state index contributed by atoms with van der Waals surface area (Å²) in [6.45, 7) is 1.91. The molecule has 0 bridgehead atoms. The Hall–Kier alpha value is -2.64. The third kappa shape index (κ3) is 5.09. The average Bonchev–Trinajstić information content (AvgIpc) is 2.39. The highest BCUT2D eigenvalue weighted by Gasteiger charge is 2.16. The highest BCUT2D eigenvalue weighted by molar-refractivity contribution is 5.70. The minimum absolute atomic E-state index is 0.0879. The monoisotopic (exact) mass is 296 g/mol. The second-order valence-corrected chi connectivity index (χ2v) is 4.50. The average molecular weight is 296 g/mol. The van der Waals surface area contributed by atoms with Gasteiger partial charge in [0.15, 0.2) is 0 Å². The molecule has 2 N–H and O–H groups in total. The van der Waals surface area contributed by atoms with Crippen molar-refractivity contribution in [2.24, 2.45) is 0 Å². The van der Waals surface area contributed by atoms with E-state index in [-0.39, 0.29) is 31.6 Å². The second kappa shape index (κ2) is 7.22. The molecule has 0 fully saturated rings. The summed E-state index contributed by atoms with van der Waals surface area (Å²) in [7, 11) is 0. The molecule has 0 saturated carbocycles. The van der Waals surface area contributed by atoms with E-state index >= 15 is 0 Å². The molecule has 0 aliphatic rings. The normalized spacial score (nSPS) is 10.1. The van der Waals surface area contributed by atoms with Crippen LogP contribution in [0.3, 0.4) is 0 Å². The Morgan fingerprint density at radius 2 is 1.71 bits per heavy atom. The van der Waals surface area contributed by atoms with Gasteiger partial charge in [-0.05, 0) is 12.5 Å². The third-order valence-electron chi connectivity index (χ3n) is 2.94. The highest BCUT2D eigenvalue weighted by atomic mass is 16.6. The molecule has 0 unspecified atom stereocenters. The zero-order valence-electron chi connectivity index (χ0n) is 11.5. The summed E-state index contributed by atoms with van der Waals surface area (Å²) in [6, 6.07) is 4.24. The number of nitrogens with zero attached hydrogens (tertiary/aromatic N) is 2. The molecular formula is C13H16N2O6. The predicted octanol–water partition coefficient (Wildman–Crippen LogP) is 1.66. The van der Waals surface area contributed by atoms with Crippen LogP contribution in [0.25, 0.3) is 0 Å². The molecular weight excluding hydrogens is 280 g/mol. The molecule has 8 heteroatoms. The minimum atomic E-state index is -1.02. The molecule has 0 aliphatic carbocycles. The number of aryl methyl sites for hydroxylation is 1. The Morgan fingerprint density at radius 3 is 2.14 bits per heavy atom. The van der Waals surface area contributed by atoms with Gasteiger partial charge in [0.2, 0.25) is 0 Å². The van der Waals surface area contributed by atoms with Crippen LogP contribution in [0.2, 0.25) is 0 Å². The molecule has 0 saturated heterocycles. The number of carboxylic acid groups (broad SMARTS) is 2. The maximum atomic E-state index is 10.8. The molecule has 0 atom stereocenters. The van der Waals surface area contributed by atoms with Crippen molar-refractivity contribution < 1.29 is 24.7 Å². The van der Waals surface area contributed by atoms with Crippen LogP contribution in [-0.4, -0.2) is 40.2 Å². The lowest BCUT2D eigenvalue weighted by molar-refractivity contribution is -0.384. The molecule has 0 aliphatic heterocycles. The van der Waals surface area contributed by atoms with Crippen LogP contribution in [0.4, 0.5) is 11.4 Å². The maximum Gasteiger partial charge on any atom is 0.305 e. The summed E-state index contributed by atoms with van der Waals surface area (Å²) < 4.78 is 0. The standard InChI is InChI=1S/C13H16N2O6/c1-9-2-3-10(15(20)21)8-11(9)14(6-4-12(16)17)7-5-13(18)19/h2-3,8H,4-7H2,1H3,(H,16,17)(H,18,19). The lowest BCUT2D eigenvalue weighted by Crippen LogP contribution is -2.29. The Labute approximate surface area is 120 Å². The number of benzene rings is 1. The molecule has 0 amide bonds. The van der Waals surface area contributed by atoms with Crippen molar-refractivity contribution in [1.82, 2.24) is 0 Å². The summed E-state index contributed by atoms with van der Waals surface area (Å²) in [5, 5.41) is 28.3. The SMILES string of the molecule is Cc1ccc([N+](=O)[O-])cc1N(CCC(=O)O)CCC(=O)O. The lowest BCUT2D eigenvalue weighted by atomic mass is 10.1. The van der Waals surface area contributed by atoms with E-state index in [2.05, 4.69) is 0 Å². The number of carbonyl (C=O) groups is 2. The largest absolute Gasteiger partial charge is 0.481 e. The van der Waals surface area contributed by atoms with Crippen LogP contribution >= 0.6 is 0 Å². The van der Waals surface area contributed by atoms with E-state index in [0.717, 1.165) is 5.56 Å². The van der Waals surface area contributed by atoms with E-state index in [9.17, 15) is 19.7 Å². The first-order valence-electron chi connectivity index (χ1n) is 6.25. The van der Waals surface area contributed by atoms with Gasteiger partial charge in [-0.2, -0.15) is 0 Å². The molecule has 1 aromatic carbocycles. The van der Waals surface area contributed by atoms with Gasteiger partial charge < -0.3 is 15.1 Å². The first kappa shape index (κ1) is 16.4. The quantitative estimate of drug-likeness (QED) is 0.552. The second-order valence-electron chi connectivity index (χ2n) is 4.50. The Morgan fingerprint density at radius 1 is 1.19 bits per heavy atom. The Balaban J connectivity index is 3.04. The van der Waals surface area contributed by atoms with Crippen molar-refractivity contribution in [1.29, 1.82) is 0 Å². The zero-order valence-corrected chi connectivity index (χ0v) is 11.5. The van der Waals surface area contributed by atoms with Crippen molar-refractivity contribution in [2.75, 3.05) is 18.0 Å². The van der Waals surface area contributed by atoms with Gasteiger partial charge >= 0.3 is 11.9 Å². The van der Waals surface area contributed by atoms with Gasteiger partial charge in [-0.25, -0.2) is 0 Å². The van der Waals surface area contributed by atoms with Gasteiger partial charge in [0.25, 0.3) is 5.69 Å². The van der Waals surface area contributed by atoms with Crippen molar-refractivity contribution in [3.8, 4) is 0 Å². The van der Waals surface area contributed by atoms with Crippen LogP contribution in [0.1, 0.15) is 18.4 Å². The number of anilines is 1. The number of carboxylic acids is 2. The van der Waals surface area contributed by atoms with Crippen LogP contribution in [-0.2, 0) is 9.59 Å². The zero-order chi connectivity index (χ0) is 16.0. The van der Waals surface area contributed by atoms with Crippen LogP contribution in [0.15, 0.2) is 18.2 Å². The number of nitro groups is 1. The van der Waals surface area contributed by atoms with E-state index in [0.29, 0.717) is 5.69 Å². The summed E-state index contributed by atoms with van der Waals surface area (Å²) in [5.41, 5.74) is 1.08. The maximum absolute atomic E-state index is 10.8. The van der Waals surface area contributed by atoms with Gasteiger partial charge in [-0.15, -0.1) is 0 Å². The fraction of sp³-hybridized carbons (Fsp3) is 0.385. The van der Waals surface area contributed by atoms with Crippen LogP contribution in [0, 0.1) is 17.0 Å². The molecule has 0 spiro atoms. The van der Waals surface area contributed by atoms with Crippen LogP contribution < -0.4 is 4.90 Å². The molecule has 21 heavy (non-hydrogen) atoms. The first-order chi connectivity index (χ1) is 9.81. The number of hydrogen-bond donors (Lipinski definition) is 2. The molecule has 0 heterocycles. The van der Waals surface area contributed by atoms with E-state index in [1.807, 2.05) is 0 Å². The van der Waals surface area contributed by atoms with E-state index < -0.39 is 16.9 Å². The predicted molar refractivity (Wildman–Crippen MR) is 74.6 cm³/mol. The van der Waals surface area contributed by atoms with E-state index in [4.69, 9.17) is 10.2 Å². The van der Waals surface area contributed by atoms with Crippen molar-refractivity contribution in [3.63, 3.8) is 0 Å². The summed E-state index contributed by atoms with van der Waals surface area (Å²) in [4.78, 5) is 33.2. The Kier molecular flexibility index (Phi) is 5.65. The molecule has 1 rings (SSSR count). The smallest absolute Gasteiger partial charge is 0.305 e. The van der Waals surface area contributed by atoms with Crippen LogP contribution in [0.5, 0.6) is 0 Å². The third-order valence-corrected chi connectivity index (χ3v) is 2.94. The fourth-order valence-corrected chi connectivity index (χ4v) is 1.87. The lowest BCUT2D eigenvalue weighted by Gasteiger charge is -2.25. The number of non-ortho nitro benzene ring substituents is 1. The molecule has 1 aromatic rings. The van der Waals surface area contributed by atoms with Gasteiger partial charge in [-0.1, -0.05) is 6.07 Å². The first-order valence-corrected chi connectivity index (χ1v) is 6.25. The molecule has 8 nitrogen and oxygen atoms in total. The molecule has 0 aromatic heterocycles. The molecule has 114 valence electrons. The minimum Gasteiger partial charge on any atom is -0.481 e. The number of hydrogen-bond acceptors (Lipinski definition) is 5. The Bertz CT molecular complexity index is 540. The topological polar surface area (TPSA) is 121 Å². The highest BCUT2D eigenvalue weighted by Crippen LogP contribution is 2.26. The summed E-state index contributed by atoms with van der Waals surface area (Å²) >= 11 is 0. The van der Waals surface area contributed by atoms with Gasteiger partial charge in [-0.3, -0.25) is 19.7 Å². The number of nitro benzene ring substituents is 1. The van der Waals surface area contributed by atoms with E-state index in [1.165, 1.54) is 12.1 Å². The summed E-state index contributed by atoms with van der Waals surface area (Å²) in [5.74, 6) is -2.03. The molecule has 0 radical (unpaired) electrons. The van der Waals surface area contributed by atoms with Crippen molar-refractivity contribution >= 4 is 23.3 Å². The fourth-order valence-electron chi connectivity index (χ4n) is 1.87. The number of aliphatic carboxylic acids is 2. The van der Waals surface area contributed by atoms with Gasteiger partial charge in [0.05, 0.1) is 17.8 Å². The van der Waals surface area contributed by atoms with Crippen molar-refractivity contribution in [3.05, 3.63) is 33.9 Å². The van der Waals surface area contributed by atoms with E-state index in [1.54, 1.807) is 17.9 Å². The van der Waals surface area contributed by atoms with Crippen molar-refractivity contribution in [2.45, 2.75) is 19.8 Å². The summed E-state index contributed by atoms with van der Waals surface area (Å²) in [6.07, 6.45) is -0.358. The van der Waals surface area contributed by atoms with Gasteiger partial charge in [0.1, 0.15) is 0 Å².